The lowest BCUT2D eigenvalue weighted by atomic mass is 10.2. The Morgan fingerprint density at radius 3 is 2.42 bits per heavy atom. The Bertz CT molecular complexity index is 690. The first-order valence-electron chi connectivity index (χ1n) is 7.27. The van der Waals surface area contributed by atoms with E-state index < -0.39 is 0 Å². The molecule has 24 heavy (non-hydrogen) atoms. The minimum atomic E-state index is -0.132. The summed E-state index contributed by atoms with van der Waals surface area (Å²) in [5, 5.41) is 3.92. The van der Waals surface area contributed by atoms with E-state index in [2.05, 4.69) is 47.4 Å². The molecule has 0 radical (unpaired) electrons. The molecule has 0 aliphatic rings. The number of amides is 1. The van der Waals surface area contributed by atoms with Crippen LogP contribution in [0.3, 0.4) is 0 Å². The molecule has 0 saturated heterocycles. The maximum absolute atomic E-state index is 11.8. The van der Waals surface area contributed by atoms with Crippen molar-refractivity contribution in [1.29, 1.82) is 0 Å². The topological polar surface area (TPSA) is 53.2 Å². The highest BCUT2D eigenvalue weighted by atomic mass is 35.5. The van der Waals surface area contributed by atoms with Crippen LogP contribution in [0.2, 0.25) is 5.02 Å². The van der Waals surface area contributed by atoms with Crippen LogP contribution in [0.4, 0.5) is 5.69 Å². The summed E-state index contributed by atoms with van der Waals surface area (Å²) in [6.45, 7) is 2.05. The Labute approximate surface area is 156 Å². The van der Waals surface area contributed by atoms with Crippen LogP contribution in [-0.2, 0) is 10.5 Å². The average Bonchev–Trinajstić information content (AvgIpc) is 2.57. The van der Waals surface area contributed by atoms with E-state index in [1.807, 2.05) is 0 Å². The van der Waals surface area contributed by atoms with Crippen LogP contribution >= 0.6 is 35.6 Å². The lowest BCUT2D eigenvalue weighted by Gasteiger charge is -2.11. The van der Waals surface area contributed by atoms with Gasteiger partial charge in [-0.2, -0.15) is 0 Å². The first-order valence-corrected chi connectivity index (χ1v) is 9.22. The zero-order valence-electron chi connectivity index (χ0n) is 13.1. The van der Waals surface area contributed by atoms with Crippen molar-refractivity contribution < 1.29 is 4.79 Å². The molecule has 0 atom stereocenters. The van der Waals surface area contributed by atoms with Gasteiger partial charge in [0.1, 0.15) is 0 Å². The highest BCUT2D eigenvalue weighted by Gasteiger charge is 2.03. The Balaban J connectivity index is 1.64. The van der Waals surface area contributed by atoms with Crippen LogP contribution in [0.15, 0.2) is 48.5 Å². The second-order valence-electron chi connectivity index (χ2n) is 5.11. The van der Waals surface area contributed by atoms with Gasteiger partial charge in [-0.05, 0) is 49.0 Å². The maximum atomic E-state index is 11.8. The van der Waals surface area contributed by atoms with Gasteiger partial charge in [0.25, 0.3) is 0 Å². The second kappa shape index (κ2) is 9.52. The number of halogens is 1. The smallest absolute Gasteiger partial charge is 0.248 e. The van der Waals surface area contributed by atoms with Crippen molar-refractivity contribution in [3.05, 3.63) is 64.7 Å². The zero-order chi connectivity index (χ0) is 17.4. The quantitative estimate of drug-likeness (QED) is 0.543. The number of anilines is 1. The number of nitrogens with one attached hydrogen (secondary N) is 3. The molecule has 0 fully saturated rings. The summed E-state index contributed by atoms with van der Waals surface area (Å²) in [4.78, 5) is 11.8. The molecule has 0 saturated carbocycles. The normalized spacial score (nSPS) is 10.1. The first kappa shape index (κ1) is 18.6. The van der Waals surface area contributed by atoms with Gasteiger partial charge in [0.15, 0.2) is 5.11 Å². The summed E-state index contributed by atoms with van der Waals surface area (Å²) >= 11 is 12.5. The van der Waals surface area contributed by atoms with E-state index in [-0.39, 0.29) is 5.91 Å². The molecule has 2 aromatic rings. The second-order valence-corrected chi connectivity index (χ2v) is 6.94. The number of hydrazine groups is 1. The number of rotatable bonds is 5. The first-order chi connectivity index (χ1) is 11.5. The average molecular weight is 380 g/mol. The monoisotopic (exact) mass is 379 g/mol. The van der Waals surface area contributed by atoms with Crippen molar-refractivity contribution in [1.82, 2.24) is 10.9 Å². The highest BCUT2D eigenvalue weighted by Crippen LogP contribution is 2.13. The summed E-state index contributed by atoms with van der Waals surface area (Å²) in [6, 6.07) is 15.4. The van der Waals surface area contributed by atoms with Crippen LogP contribution in [-0.4, -0.2) is 16.8 Å². The van der Waals surface area contributed by atoms with E-state index in [0.29, 0.717) is 15.9 Å². The van der Waals surface area contributed by atoms with Crippen molar-refractivity contribution in [2.45, 2.75) is 12.7 Å². The summed E-state index contributed by atoms with van der Waals surface area (Å²) in [7, 11) is 0. The molecule has 1 amide bonds. The van der Waals surface area contributed by atoms with Gasteiger partial charge in [0.2, 0.25) is 5.91 Å². The molecule has 0 heterocycles. The van der Waals surface area contributed by atoms with Crippen LogP contribution < -0.4 is 16.2 Å². The number of hydrogen-bond donors (Lipinski definition) is 3. The third kappa shape index (κ3) is 6.78. The summed E-state index contributed by atoms with van der Waals surface area (Å²) in [5.74, 6) is 1.01. The van der Waals surface area contributed by atoms with E-state index in [9.17, 15) is 4.79 Å². The molecule has 126 valence electrons. The van der Waals surface area contributed by atoms with E-state index in [0.717, 1.165) is 11.4 Å². The lowest BCUT2D eigenvalue weighted by Crippen LogP contribution is -2.44. The molecule has 7 heteroatoms. The van der Waals surface area contributed by atoms with E-state index in [1.165, 1.54) is 11.1 Å². The molecule has 0 unspecified atom stereocenters. The highest BCUT2D eigenvalue weighted by molar-refractivity contribution is 7.99. The molecule has 2 aromatic carbocycles. The van der Waals surface area contributed by atoms with Gasteiger partial charge in [0, 0.05) is 16.5 Å². The lowest BCUT2D eigenvalue weighted by molar-refractivity contribution is -0.119. The number of carbonyl (C=O) groups excluding carboxylic acids is 1. The van der Waals surface area contributed by atoms with Gasteiger partial charge in [-0.3, -0.25) is 15.6 Å². The summed E-state index contributed by atoms with van der Waals surface area (Å²) in [6.07, 6.45) is 0. The Hall–Kier alpha value is -1.76. The minimum absolute atomic E-state index is 0.132. The van der Waals surface area contributed by atoms with Crippen molar-refractivity contribution in [3.63, 3.8) is 0 Å². The summed E-state index contributed by atoms with van der Waals surface area (Å²) in [5.41, 5.74) is 8.47. The van der Waals surface area contributed by atoms with E-state index in [1.54, 1.807) is 36.0 Å². The third-order valence-electron chi connectivity index (χ3n) is 3.04. The molecule has 0 aromatic heterocycles. The number of hydrogen-bond acceptors (Lipinski definition) is 3. The van der Waals surface area contributed by atoms with Gasteiger partial charge in [-0.25, -0.2) is 0 Å². The van der Waals surface area contributed by atoms with Gasteiger partial charge in [0.05, 0.1) is 5.75 Å². The van der Waals surface area contributed by atoms with Crippen LogP contribution in [0, 0.1) is 6.92 Å². The largest absolute Gasteiger partial charge is 0.331 e. The zero-order valence-corrected chi connectivity index (χ0v) is 15.5. The SMILES string of the molecule is Cc1ccc(CSCC(=O)NNC(=S)Nc2ccc(Cl)cc2)cc1. The van der Waals surface area contributed by atoms with Gasteiger partial charge in [-0.15, -0.1) is 11.8 Å². The van der Waals surface area contributed by atoms with Crippen LogP contribution in [0.25, 0.3) is 0 Å². The number of benzene rings is 2. The van der Waals surface area contributed by atoms with Crippen molar-refractivity contribution in [3.8, 4) is 0 Å². The molecule has 2 rings (SSSR count). The number of aryl methyl sites for hydroxylation is 1. The number of carbonyl (C=O) groups is 1. The Kier molecular flexibility index (Phi) is 7.36. The van der Waals surface area contributed by atoms with Gasteiger partial charge in [-0.1, -0.05) is 41.4 Å². The molecule has 4 nitrogen and oxygen atoms in total. The fourth-order valence-electron chi connectivity index (χ4n) is 1.80. The molecule has 0 aliphatic heterocycles. The van der Waals surface area contributed by atoms with Crippen molar-refractivity contribution in [2.24, 2.45) is 0 Å². The molecule has 3 N–H and O–H groups in total. The summed E-state index contributed by atoms with van der Waals surface area (Å²) < 4.78 is 0. The fraction of sp³-hybridized carbons (Fsp3) is 0.176. The predicted octanol–water partition coefficient (Wildman–Crippen LogP) is 3.90. The molecule has 0 spiro atoms. The minimum Gasteiger partial charge on any atom is -0.331 e. The number of thiocarbonyl (C=S) groups is 1. The molecular formula is C17H18ClN3OS2. The van der Waals surface area contributed by atoms with Crippen molar-refractivity contribution >= 4 is 52.3 Å². The Morgan fingerprint density at radius 1 is 1.08 bits per heavy atom. The van der Waals surface area contributed by atoms with Crippen molar-refractivity contribution in [2.75, 3.05) is 11.1 Å². The molecule has 0 bridgehead atoms. The van der Waals surface area contributed by atoms with Crippen LogP contribution in [0.1, 0.15) is 11.1 Å². The van der Waals surface area contributed by atoms with Crippen LogP contribution in [0.5, 0.6) is 0 Å². The Morgan fingerprint density at radius 2 is 1.75 bits per heavy atom. The third-order valence-corrected chi connectivity index (χ3v) is 4.50. The van der Waals surface area contributed by atoms with Gasteiger partial charge < -0.3 is 5.32 Å². The van der Waals surface area contributed by atoms with E-state index >= 15 is 0 Å². The van der Waals surface area contributed by atoms with E-state index in [4.69, 9.17) is 23.8 Å². The predicted molar refractivity (Wildman–Crippen MR) is 106 cm³/mol. The number of thioether (sulfide) groups is 1. The fourth-order valence-corrected chi connectivity index (χ4v) is 2.89. The standard InChI is InChI=1S/C17H18ClN3OS2/c1-12-2-4-13(5-3-12)10-24-11-16(22)20-21-17(23)19-15-8-6-14(18)7-9-15/h2-9H,10-11H2,1H3,(H,20,22)(H2,19,21,23). The molecule has 0 aliphatic carbocycles. The van der Waals surface area contributed by atoms with Gasteiger partial charge >= 0.3 is 0 Å². The maximum Gasteiger partial charge on any atom is 0.248 e. The molecular weight excluding hydrogens is 362 g/mol.